The molecule has 0 heterocycles. The van der Waals surface area contributed by atoms with Gasteiger partial charge in [0.2, 0.25) is 0 Å². The second kappa shape index (κ2) is 2.75. The molecule has 3 heteroatoms. The van der Waals surface area contributed by atoms with E-state index in [2.05, 4.69) is 15.9 Å². The average Bonchev–Trinajstić information content (AvgIpc) is 2.35. The quantitative estimate of drug-likeness (QED) is 0.714. The summed E-state index contributed by atoms with van der Waals surface area (Å²) in [5.41, 5.74) is 8.21. The zero-order valence-electron chi connectivity index (χ0n) is 6.55. The van der Waals surface area contributed by atoms with Crippen LogP contribution in [0.5, 0.6) is 5.75 Å². The van der Waals surface area contributed by atoms with Crippen LogP contribution >= 0.6 is 15.9 Å². The molecule has 0 aromatic heterocycles. The molecule has 1 aromatic carbocycles. The third kappa shape index (κ3) is 1.13. The van der Waals surface area contributed by atoms with E-state index in [4.69, 9.17) is 5.73 Å². The topological polar surface area (TPSA) is 46.2 Å². The molecule has 1 atom stereocenters. The van der Waals surface area contributed by atoms with Gasteiger partial charge in [0.05, 0.1) is 4.47 Å². The van der Waals surface area contributed by atoms with Gasteiger partial charge in [-0.1, -0.05) is 0 Å². The van der Waals surface area contributed by atoms with Crippen LogP contribution in [0.3, 0.4) is 0 Å². The SMILES string of the molecule is N[C@H]1CCc2cc(O)c(Br)cc21. The highest BCUT2D eigenvalue weighted by Crippen LogP contribution is 2.36. The molecule has 0 fully saturated rings. The fourth-order valence-corrected chi connectivity index (χ4v) is 2.01. The molecule has 2 rings (SSSR count). The largest absolute Gasteiger partial charge is 0.507 e. The minimum atomic E-state index is 0.150. The summed E-state index contributed by atoms with van der Waals surface area (Å²) in [4.78, 5) is 0. The number of phenolic OH excluding ortho intramolecular Hbond substituents is 1. The van der Waals surface area contributed by atoms with Gasteiger partial charge in [-0.15, -0.1) is 0 Å². The van der Waals surface area contributed by atoms with Crippen LogP contribution < -0.4 is 5.73 Å². The molecule has 0 spiro atoms. The Morgan fingerprint density at radius 1 is 1.50 bits per heavy atom. The van der Waals surface area contributed by atoms with Gasteiger partial charge in [-0.2, -0.15) is 0 Å². The van der Waals surface area contributed by atoms with E-state index in [1.54, 1.807) is 6.07 Å². The highest BCUT2D eigenvalue weighted by atomic mass is 79.9. The molecule has 1 aromatic rings. The van der Waals surface area contributed by atoms with Gasteiger partial charge in [0.25, 0.3) is 0 Å². The van der Waals surface area contributed by atoms with Crippen LogP contribution in [0.15, 0.2) is 16.6 Å². The molecule has 1 aliphatic rings. The van der Waals surface area contributed by atoms with Crippen molar-refractivity contribution in [2.24, 2.45) is 5.73 Å². The Hall–Kier alpha value is -0.540. The normalized spacial score (nSPS) is 21.0. The van der Waals surface area contributed by atoms with Crippen molar-refractivity contribution in [3.05, 3.63) is 27.7 Å². The van der Waals surface area contributed by atoms with Crippen LogP contribution in [0.1, 0.15) is 23.6 Å². The minimum Gasteiger partial charge on any atom is -0.507 e. The van der Waals surface area contributed by atoms with Gasteiger partial charge in [0, 0.05) is 6.04 Å². The Bertz CT molecular complexity index is 325. The Morgan fingerprint density at radius 2 is 2.25 bits per heavy atom. The van der Waals surface area contributed by atoms with E-state index in [1.165, 1.54) is 11.1 Å². The number of hydrogen-bond donors (Lipinski definition) is 2. The molecule has 2 nitrogen and oxygen atoms in total. The zero-order chi connectivity index (χ0) is 8.72. The van der Waals surface area contributed by atoms with Crippen LogP contribution in [0.4, 0.5) is 0 Å². The maximum atomic E-state index is 9.38. The van der Waals surface area contributed by atoms with Gasteiger partial charge in [-0.05, 0) is 52.0 Å². The second-order valence-electron chi connectivity index (χ2n) is 3.15. The first-order chi connectivity index (χ1) is 5.68. The lowest BCUT2D eigenvalue weighted by molar-refractivity contribution is 0.471. The van der Waals surface area contributed by atoms with Crippen molar-refractivity contribution in [2.45, 2.75) is 18.9 Å². The number of hydrogen-bond acceptors (Lipinski definition) is 2. The highest BCUT2D eigenvalue weighted by Gasteiger charge is 2.20. The summed E-state index contributed by atoms with van der Waals surface area (Å²) in [6.07, 6.45) is 1.97. The van der Waals surface area contributed by atoms with E-state index in [0.717, 1.165) is 17.3 Å². The monoisotopic (exact) mass is 227 g/mol. The summed E-state index contributed by atoms with van der Waals surface area (Å²) in [7, 11) is 0. The van der Waals surface area contributed by atoms with Crippen molar-refractivity contribution in [2.75, 3.05) is 0 Å². The molecule has 64 valence electrons. The van der Waals surface area contributed by atoms with Crippen LogP contribution in [-0.4, -0.2) is 5.11 Å². The number of halogens is 1. The number of benzene rings is 1. The number of aryl methyl sites for hydroxylation is 1. The van der Waals surface area contributed by atoms with Crippen LogP contribution in [-0.2, 0) is 6.42 Å². The van der Waals surface area contributed by atoms with Crippen molar-refractivity contribution >= 4 is 15.9 Å². The van der Waals surface area contributed by atoms with Crippen molar-refractivity contribution in [3.63, 3.8) is 0 Å². The molecule has 0 bridgehead atoms. The predicted molar refractivity (Wildman–Crippen MR) is 51.1 cm³/mol. The predicted octanol–water partition coefficient (Wildman–Crippen LogP) is 2.10. The Kier molecular flexibility index (Phi) is 1.85. The van der Waals surface area contributed by atoms with Crippen molar-refractivity contribution in [3.8, 4) is 5.75 Å². The smallest absolute Gasteiger partial charge is 0.130 e. The third-order valence-corrected chi connectivity index (χ3v) is 2.97. The summed E-state index contributed by atoms with van der Waals surface area (Å²) in [5, 5.41) is 9.38. The van der Waals surface area contributed by atoms with Gasteiger partial charge < -0.3 is 10.8 Å². The van der Waals surface area contributed by atoms with Crippen LogP contribution in [0.25, 0.3) is 0 Å². The molecule has 0 radical (unpaired) electrons. The maximum absolute atomic E-state index is 9.38. The Balaban J connectivity index is 2.56. The average molecular weight is 228 g/mol. The number of rotatable bonds is 0. The van der Waals surface area contributed by atoms with E-state index in [-0.39, 0.29) is 6.04 Å². The molecular formula is C9H10BrNO. The molecule has 0 saturated carbocycles. The van der Waals surface area contributed by atoms with E-state index in [0.29, 0.717) is 5.75 Å². The molecule has 0 unspecified atom stereocenters. The lowest BCUT2D eigenvalue weighted by Crippen LogP contribution is -2.04. The molecule has 0 saturated heterocycles. The van der Waals surface area contributed by atoms with Gasteiger partial charge in [-0.25, -0.2) is 0 Å². The van der Waals surface area contributed by atoms with Crippen LogP contribution in [0, 0.1) is 0 Å². The van der Waals surface area contributed by atoms with Crippen molar-refractivity contribution in [1.29, 1.82) is 0 Å². The number of fused-ring (bicyclic) bond motifs is 1. The molecule has 3 N–H and O–H groups in total. The van der Waals surface area contributed by atoms with E-state index in [9.17, 15) is 5.11 Å². The van der Waals surface area contributed by atoms with Crippen molar-refractivity contribution < 1.29 is 5.11 Å². The summed E-state index contributed by atoms with van der Waals surface area (Å²) in [6, 6.07) is 3.87. The minimum absolute atomic E-state index is 0.150. The number of phenols is 1. The van der Waals surface area contributed by atoms with Gasteiger partial charge in [0.1, 0.15) is 5.75 Å². The van der Waals surface area contributed by atoms with E-state index >= 15 is 0 Å². The van der Waals surface area contributed by atoms with Crippen LogP contribution in [0.2, 0.25) is 0 Å². The number of nitrogens with two attached hydrogens (primary N) is 1. The Morgan fingerprint density at radius 3 is 3.00 bits per heavy atom. The maximum Gasteiger partial charge on any atom is 0.130 e. The summed E-state index contributed by atoms with van der Waals surface area (Å²) in [5.74, 6) is 0.308. The van der Waals surface area contributed by atoms with Gasteiger partial charge in [-0.3, -0.25) is 0 Å². The first kappa shape index (κ1) is 8.08. The fraction of sp³-hybridized carbons (Fsp3) is 0.333. The van der Waals surface area contributed by atoms with Crippen molar-refractivity contribution in [1.82, 2.24) is 0 Å². The molecule has 1 aliphatic carbocycles. The summed E-state index contributed by atoms with van der Waals surface area (Å²) in [6.45, 7) is 0. The second-order valence-corrected chi connectivity index (χ2v) is 4.00. The third-order valence-electron chi connectivity index (χ3n) is 2.33. The summed E-state index contributed by atoms with van der Waals surface area (Å²) >= 11 is 3.27. The lowest BCUT2D eigenvalue weighted by Gasteiger charge is -2.05. The molecule has 0 amide bonds. The molecular weight excluding hydrogens is 218 g/mol. The van der Waals surface area contributed by atoms with E-state index in [1.807, 2.05) is 6.07 Å². The first-order valence-corrected chi connectivity index (χ1v) is 4.74. The standard InChI is InChI=1S/C9H10BrNO/c10-7-4-6-5(3-9(7)12)1-2-8(6)11/h3-4,8,12H,1-2,11H2/t8-/m0/s1. The number of aromatic hydroxyl groups is 1. The molecule has 0 aliphatic heterocycles. The highest BCUT2D eigenvalue weighted by molar-refractivity contribution is 9.10. The fourth-order valence-electron chi connectivity index (χ4n) is 1.65. The zero-order valence-corrected chi connectivity index (χ0v) is 8.13. The van der Waals surface area contributed by atoms with Gasteiger partial charge in [0.15, 0.2) is 0 Å². The first-order valence-electron chi connectivity index (χ1n) is 3.95. The molecule has 12 heavy (non-hydrogen) atoms. The van der Waals surface area contributed by atoms with E-state index < -0.39 is 0 Å². The van der Waals surface area contributed by atoms with Gasteiger partial charge >= 0.3 is 0 Å². The lowest BCUT2D eigenvalue weighted by atomic mass is 10.1. The Labute approximate surface area is 79.5 Å². The summed E-state index contributed by atoms with van der Waals surface area (Å²) < 4.78 is 0.735.